The second kappa shape index (κ2) is 16.4. The molecule has 0 saturated carbocycles. The molecule has 2 atom stereocenters. The molecule has 0 N–H and O–H groups in total. The summed E-state index contributed by atoms with van der Waals surface area (Å²) in [6, 6.07) is 32.1. The molecule has 0 aromatic heterocycles. The molecular weight excluding hydrogens is 767 g/mol. The molecule has 2 aliphatic rings. The van der Waals surface area contributed by atoms with Gasteiger partial charge in [-0.3, -0.25) is 0 Å². The van der Waals surface area contributed by atoms with Gasteiger partial charge in [0.05, 0.1) is 0 Å². The first-order chi connectivity index (χ1) is 24.9. The van der Waals surface area contributed by atoms with E-state index in [0.29, 0.717) is 11.8 Å². The normalized spacial score (nSPS) is 17.7. The van der Waals surface area contributed by atoms with Crippen molar-refractivity contribution < 1.29 is 15.6 Å². The van der Waals surface area contributed by atoms with Crippen molar-refractivity contribution in [2.75, 3.05) is 0 Å². The van der Waals surface area contributed by atoms with Gasteiger partial charge in [0.2, 0.25) is 0 Å². The van der Waals surface area contributed by atoms with Crippen LogP contribution >= 0.6 is 17.0 Å². The number of unbranched alkanes of at least 4 members (excludes halogenated alkanes) is 2. The van der Waals surface area contributed by atoms with Gasteiger partial charge in [0, 0.05) is 0 Å². The SMILES string of the molecule is CCCCc1ccc2c(c1-c1ccccc1)C=C(CC(C)C)[CH]2[Zr]([Cl])([Cl])([CH]1C(CC(C)C)=Cc2c1ccc(CCCC)c2-c1ccccc1)[SiH](C)C. The summed E-state index contributed by atoms with van der Waals surface area (Å²) in [4.78, 5) is 0. The van der Waals surface area contributed by atoms with Crippen molar-refractivity contribution in [3.8, 4) is 22.3 Å². The van der Waals surface area contributed by atoms with Crippen LogP contribution in [0, 0.1) is 11.8 Å². The molecule has 0 aliphatic heterocycles. The standard InChI is InChI=1S/2C23H27.C2H7Si.2ClH.Zr/c2*1-4-5-9-20-12-13-21-15-18(14-17(2)3)16-22(21)23(20)19-10-7-6-8-11-19;1-3-2;;;/h2*6-8,10-13,15-17H,4-5,9,14H2,1-3H3;3H,1-2H3;2*1H;/q;;;;;+2/p-2. The van der Waals surface area contributed by atoms with Gasteiger partial charge in [-0.1, -0.05) is 0 Å². The van der Waals surface area contributed by atoms with Gasteiger partial charge in [-0.25, -0.2) is 0 Å². The Hall–Kier alpha value is -1.96. The van der Waals surface area contributed by atoms with E-state index in [9.17, 15) is 0 Å². The van der Waals surface area contributed by atoms with Crippen LogP contribution < -0.4 is 0 Å². The maximum atomic E-state index is 8.95. The maximum absolute atomic E-state index is 8.95. The molecule has 0 saturated heterocycles. The van der Waals surface area contributed by atoms with Crippen molar-refractivity contribution in [1.29, 1.82) is 0 Å². The predicted molar refractivity (Wildman–Crippen MR) is 232 cm³/mol. The van der Waals surface area contributed by atoms with Crippen molar-refractivity contribution in [3.05, 3.63) is 129 Å². The molecular formula is C48H61Cl2SiZr. The summed E-state index contributed by atoms with van der Waals surface area (Å²) < 4.78 is 0.200. The van der Waals surface area contributed by atoms with Crippen LogP contribution in [0.2, 0.25) is 13.1 Å². The Kier molecular flexibility index (Phi) is 12.5. The summed E-state index contributed by atoms with van der Waals surface area (Å²) in [5, 5.41) is 0. The summed E-state index contributed by atoms with van der Waals surface area (Å²) >= 11 is -4.96. The van der Waals surface area contributed by atoms with Crippen LogP contribution in [0.5, 0.6) is 0 Å². The fraction of sp³-hybridized carbons (Fsp3) is 0.417. The second-order valence-electron chi connectivity index (χ2n) is 17.0. The summed E-state index contributed by atoms with van der Waals surface area (Å²) in [5.41, 5.74) is 16.9. The average Bonchev–Trinajstić information content (AvgIpc) is 3.68. The van der Waals surface area contributed by atoms with E-state index in [0.717, 1.165) is 25.7 Å². The third kappa shape index (κ3) is 7.38. The Morgan fingerprint density at radius 2 is 0.962 bits per heavy atom. The van der Waals surface area contributed by atoms with E-state index in [-0.39, 0.29) is 7.25 Å². The Morgan fingerprint density at radius 1 is 0.577 bits per heavy atom. The summed E-state index contributed by atoms with van der Waals surface area (Å²) in [6.45, 7) is 19.1. The molecule has 0 spiro atoms. The second-order valence-corrected chi connectivity index (χ2v) is 59.5. The average molecular weight is 828 g/mol. The van der Waals surface area contributed by atoms with Gasteiger partial charge in [0.25, 0.3) is 0 Å². The molecule has 52 heavy (non-hydrogen) atoms. The molecule has 4 aromatic rings. The zero-order chi connectivity index (χ0) is 37.2. The number of fused-ring (bicyclic) bond motifs is 2. The first-order valence-electron chi connectivity index (χ1n) is 20.3. The first-order valence-corrected chi connectivity index (χ1v) is 36.6. The first kappa shape index (κ1) is 39.7. The van der Waals surface area contributed by atoms with Crippen LogP contribution in [0.4, 0.5) is 0 Å². The number of allylic oxidation sites excluding steroid dienone is 2. The minimum atomic E-state index is -4.96. The summed E-state index contributed by atoms with van der Waals surface area (Å²) in [6.07, 6.45) is 14.1. The van der Waals surface area contributed by atoms with Crippen molar-refractivity contribution >= 4 is 35.1 Å². The van der Waals surface area contributed by atoms with Crippen LogP contribution in [0.25, 0.3) is 34.4 Å². The van der Waals surface area contributed by atoms with Gasteiger partial charge >= 0.3 is 327 Å². The van der Waals surface area contributed by atoms with E-state index in [2.05, 4.69) is 152 Å². The van der Waals surface area contributed by atoms with Crippen molar-refractivity contribution in [1.82, 2.24) is 0 Å². The van der Waals surface area contributed by atoms with E-state index in [4.69, 9.17) is 17.0 Å². The van der Waals surface area contributed by atoms with E-state index in [1.165, 1.54) is 92.5 Å². The Bertz CT molecular complexity index is 1800. The summed E-state index contributed by atoms with van der Waals surface area (Å²) in [7, 11) is 17.9. The molecule has 275 valence electrons. The van der Waals surface area contributed by atoms with Crippen LogP contribution in [-0.2, 0) is 28.4 Å². The van der Waals surface area contributed by atoms with Gasteiger partial charge < -0.3 is 0 Å². The zero-order valence-corrected chi connectivity index (χ0v) is 38.2. The Balaban J connectivity index is 1.65. The number of halogens is 2. The minimum absolute atomic E-state index is 0.1000. The van der Waals surface area contributed by atoms with Crippen molar-refractivity contribution in [3.63, 3.8) is 0 Å². The molecule has 4 aromatic carbocycles. The molecule has 0 bridgehead atoms. The van der Waals surface area contributed by atoms with Crippen LogP contribution in [0.15, 0.2) is 96.1 Å². The number of benzene rings is 4. The van der Waals surface area contributed by atoms with Crippen LogP contribution in [-0.4, -0.2) is 5.92 Å². The third-order valence-corrected chi connectivity index (χ3v) is 63.8. The Labute approximate surface area is 324 Å². The van der Waals surface area contributed by atoms with Crippen LogP contribution in [0.3, 0.4) is 0 Å². The van der Waals surface area contributed by atoms with Gasteiger partial charge in [-0.15, -0.1) is 0 Å². The van der Waals surface area contributed by atoms with Crippen LogP contribution in [0.1, 0.15) is 121 Å². The summed E-state index contributed by atoms with van der Waals surface area (Å²) in [5.74, 6) is -0.667. The predicted octanol–water partition coefficient (Wildman–Crippen LogP) is 15.4. The molecule has 0 heterocycles. The topological polar surface area (TPSA) is 0 Å². The van der Waals surface area contributed by atoms with Gasteiger partial charge in [-0.2, -0.15) is 0 Å². The van der Waals surface area contributed by atoms with E-state index >= 15 is 0 Å². The molecule has 4 heteroatoms. The van der Waals surface area contributed by atoms with Gasteiger partial charge in [-0.05, 0) is 0 Å². The number of aryl methyl sites for hydroxylation is 2. The molecule has 6 rings (SSSR count). The molecule has 2 aliphatic carbocycles. The van der Waals surface area contributed by atoms with Gasteiger partial charge in [0.1, 0.15) is 0 Å². The number of hydrogen-bond donors (Lipinski definition) is 0. The van der Waals surface area contributed by atoms with E-state index in [1.807, 2.05) is 0 Å². The molecule has 2 unspecified atom stereocenters. The molecule has 0 fully saturated rings. The van der Waals surface area contributed by atoms with Crippen molar-refractivity contribution in [2.24, 2.45) is 11.8 Å². The monoisotopic (exact) mass is 825 g/mol. The third-order valence-electron chi connectivity index (χ3n) is 12.0. The molecule has 0 amide bonds. The van der Waals surface area contributed by atoms with Crippen molar-refractivity contribution in [2.45, 2.75) is 113 Å². The zero-order valence-electron chi connectivity index (χ0n) is 33.0. The van der Waals surface area contributed by atoms with Gasteiger partial charge in [0.15, 0.2) is 0 Å². The Morgan fingerprint density at radius 3 is 1.29 bits per heavy atom. The number of rotatable bonds is 15. The number of hydrogen-bond acceptors (Lipinski definition) is 0. The quantitative estimate of drug-likeness (QED) is 0.105. The van der Waals surface area contributed by atoms with E-state index in [1.54, 1.807) is 0 Å². The molecule has 0 radical (unpaired) electrons. The van der Waals surface area contributed by atoms with E-state index < -0.39 is 21.5 Å². The fourth-order valence-electron chi connectivity index (χ4n) is 9.59. The molecule has 0 nitrogen and oxygen atoms in total. The fourth-order valence-corrected chi connectivity index (χ4v) is 41.0.